The zero-order valence-corrected chi connectivity index (χ0v) is 22.2. The highest BCUT2D eigenvalue weighted by atomic mass is 16.6. The molecule has 0 spiro atoms. The first-order valence-corrected chi connectivity index (χ1v) is 13.7. The largest absolute Gasteiger partial charge is 0.445 e. The summed E-state index contributed by atoms with van der Waals surface area (Å²) >= 11 is 0. The van der Waals surface area contributed by atoms with E-state index in [1.807, 2.05) is 71.3 Å². The third-order valence-corrected chi connectivity index (χ3v) is 8.61. The molecule has 2 saturated heterocycles. The number of fused-ring (bicyclic) bond motifs is 5. The van der Waals surface area contributed by atoms with Crippen LogP contribution < -0.4 is 4.90 Å². The second-order valence-corrected chi connectivity index (χ2v) is 10.9. The second kappa shape index (κ2) is 10.2. The first-order valence-electron chi connectivity index (χ1n) is 13.7. The van der Waals surface area contributed by atoms with Crippen molar-refractivity contribution in [3.05, 3.63) is 101 Å². The van der Waals surface area contributed by atoms with Gasteiger partial charge >= 0.3 is 6.09 Å². The molecular weight excluding hydrogens is 474 g/mol. The Morgan fingerprint density at radius 2 is 1.61 bits per heavy atom. The van der Waals surface area contributed by atoms with Crippen molar-refractivity contribution in [3.63, 3.8) is 0 Å². The molecule has 2 amide bonds. The van der Waals surface area contributed by atoms with Crippen LogP contribution in [0.5, 0.6) is 0 Å². The van der Waals surface area contributed by atoms with E-state index in [0.717, 1.165) is 42.7 Å². The number of rotatable bonds is 4. The predicted molar refractivity (Wildman–Crippen MR) is 148 cm³/mol. The molecule has 3 aliphatic rings. The number of ether oxygens (including phenoxy) is 1. The number of hydrogen-bond donors (Lipinski definition) is 0. The molecule has 196 valence electrons. The van der Waals surface area contributed by atoms with Gasteiger partial charge in [0.1, 0.15) is 6.61 Å². The Labute approximate surface area is 224 Å². The fraction of sp³-hybridized carbons (Fsp3) is 0.375. The third-order valence-electron chi connectivity index (χ3n) is 8.61. The fourth-order valence-corrected chi connectivity index (χ4v) is 6.48. The number of aryl methyl sites for hydroxylation is 1. The molecule has 3 aromatic rings. The molecule has 0 aromatic heterocycles. The maximum Gasteiger partial charge on any atom is 0.410 e. The van der Waals surface area contributed by atoms with Gasteiger partial charge in [-0.3, -0.25) is 4.79 Å². The molecule has 6 nitrogen and oxygen atoms in total. The van der Waals surface area contributed by atoms with Crippen LogP contribution in [0, 0.1) is 12.8 Å². The van der Waals surface area contributed by atoms with Crippen molar-refractivity contribution >= 4 is 17.7 Å². The number of piperidine rings is 1. The van der Waals surface area contributed by atoms with Crippen molar-refractivity contribution in [2.24, 2.45) is 5.92 Å². The Kier molecular flexibility index (Phi) is 6.56. The SMILES string of the molecule is Cc1ccc(C(=O)N2CCN(c3ccc4c(c3)C3[C@@H](C)C4CCN3C(=O)OCc3ccccc3)CC2)cc1. The number of nitrogens with zero attached hydrogens (tertiary/aromatic N) is 3. The van der Waals surface area contributed by atoms with Gasteiger partial charge in [0.15, 0.2) is 0 Å². The van der Waals surface area contributed by atoms with Gasteiger partial charge in [0.2, 0.25) is 0 Å². The van der Waals surface area contributed by atoms with Crippen molar-refractivity contribution in [1.29, 1.82) is 0 Å². The molecule has 2 bridgehead atoms. The zero-order valence-electron chi connectivity index (χ0n) is 22.2. The lowest BCUT2D eigenvalue weighted by molar-refractivity contribution is 0.0531. The van der Waals surface area contributed by atoms with Crippen molar-refractivity contribution in [3.8, 4) is 0 Å². The molecule has 3 aromatic carbocycles. The summed E-state index contributed by atoms with van der Waals surface area (Å²) in [6, 6.07) is 24.5. The third kappa shape index (κ3) is 4.53. The molecule has 0 N–H and O–H groups in total. The molecule has 0 radical (unpaired) electrons. The molecule has 38 heavy (non-hydrogen) atoms. The lowest BCUT2D eigenvalue weighted by Crippen LogP contribution is -2.48. The number of amides is 2. The molecule has 2 unspecified atom stereocenters. The summed E-state index contributed by atoms with van der Waals surface area (Å²) in [4.78, 5) is 32.4. The van der Waals surface area contributed by atoms with Crippen LogP contribution >= 0.6 is 0 Å². The first kappa shape index (κ1) is 24.5. The van der Waals surface area contributed by atoms with Crippen molar-refractivity contribution < 1.29 is 14.3 Å². The van der Waals surface area contributed by atoms with Crippen LogP contribution in [0.15, 0.2) is 72.8 Å². The van der Waals surface area contributed by atoms with Gasteiger partial charge < -0.3 is 19.4 Å². The highest BCUT2D eigenvalue weighted by Gasteiger charge is 2.47. The molecule has 2 heterocycles. The summed E-state index contributed by atoms with van der Waals surface area (Å²) in [6.45, 7) is 8.29. The summed E-state index contributed by atoms with van der Waals surface area (Å²) in [5, 5.41) is 0. The van der Waals surface area contributed by atoms with E-state index in [2.05, 4.69) is 30.0 Å². The van der Waals surface area contributed by atoms with E-state index in [1.54, 1.807) is 0 Å². The van der Waals surface area contributed by atoms with Gasteiger partial charge in [0.05, 0.1) is 6.04 Å². The average Bonchev–Trinajstić information content (AvgIpc) is 3.11. The van der Waals surface area contributed by atoms with E-state index in [1.165, 1.54) is 16.8 Å². The summed E-state index contributed by atoms with van der Waals surface area (Å²) in [7, 11) is 0. The van der Waals surface area contributed by atoms with Crippen LogP contribution in [0.2, 0.25) is 0 Å². The van der Waals surface area contributed by atoms with Gasteiger partial charge in [-0.05, 0) is 66.1 Å². The molecular formula is C32H35N3O3. The molecule has 6 rings (SSSR count). The Bertz CT molecular complexity index is 1320. The zero-order chi connectivity index (χ0) is 26.2. The monoisotopic (exact) mass is 509 g/mol. The van der Waals surface area contributed by atoms with E-state index in [-0.39, 0.29) is 18.0 Å². The molecule has 0 saturated carbocycles. The van der Waals surface area contributed by atoms with Gasteiger partial charge in [-0.1, -0.05) is 61.0 Å². The van der Waals surface area contributed by atoms with Crippen LogP contribution in [0.25, 0.3) is 0 Å². The highest BCUT2D eigenvalue weighted by Crippen LogP contribution is 2.53. The van der Waals surface area contributed by atoms with Crippen LogP contribution in [0.4, 0.5) is 10.5 Å². The van der Waals surface area contributed by atoms with E-state index in [9.17, 15) is 9.59 Å². The Hall–Kier alpha value is -3.80. The molecule has 3 atom stereocenters. The quantitative estimate of drug-likeness (QED) is 0.448. The van der Waals surface area contributed by atoms with Crippen molar-refractivity contribution in [2.75, 3.05) is 37.6 Å². The normalized spacial score (nSPS) is 22.3. The lowest BCUT2D eigenvalue weighted by Gasteiger charge is -2.38. The molecule has 6 heteroatoms. The van der Waals surface area contributed by atoms with Gasteiger partial charge in [0, 0.05) is 44.0 Å². The number of carbonyl (C=O) groups excluding carboxylic acids is 2. The smallest absolute Gasteiger partial charge is 0.410 e. The lowest BCUT2D eigenvalue weighted by atomic mass is 9.86. The van der Waals surface area contributed by atoms with Crippen LogP contribution in [0.1, 0.15) is 57.9 Å². The summed E-state index contributed by atoms with van der Waals surface area (Å²) in [6.07, 6.45) is 0.732. The van der Waals surface area contributed by atoms with Crippen LogP contribution in [-0.4, -0.2) is 54.5 Å². The summed E-state index contributed by atoms with van der Waals surface area (Å²) in [5.74, 6) is 0.944. The Morgan fingerprint density at radius 3 is 2.34 bits per heavy atom. The predicted octanol–water partition coefficient (Wildman–Crippen LogP) is 5.77. The molecule has 1 aliphatic carbocycles. The number of carbonyl (C=O) groups is 2. The Morgan fingerprint density at radius 1 is 0.868 bits per heavy atom. The summed E-state index contributed by atoms with van der Waals surface area (Å²) < 4.78 is 5.74. The highest BCUT2D eigenvalue weighted by molar-refractivity contribution is 5.94. The number of hydrogen-bond acceptors (Lipinski definition) is 4. The van der Waals surface area contributed by atoms with E-state index >= 15 is 0 Å². The topological polar surface area (TPSA) is 53.1 Å². The molecule has 2 aliphatic heterocycles. The van der Waals surface area contributed by atoms with E-state index in [4.69, 9.17) is 4.74 Å². The standard InChI is InChI=1S/C32H35N3O3/c1-22-8-10-25(11-9-22)31(36)34-18-16-33(17-19-34)26-12-13-28-27-14-15-35(30(23(27)2)29(28)20-26)32(37)38-21-24-6-4-3-5-7-24/h3-13,20,23,27,30H,14-19,21H2,1-2H3/t23-,27?,30?/m0/s1. The Balaban J connectivity index is 1.15. The number of piperazine rings is 1. The minimum atomic E-state index is -0.231. The molecule has 2 fully saturated rings. The minimum absolute atomic E-state index is 0.0383. The number of benzene rings is 3. The van der Waals surface area contributed by atoms with Gasteiger partial charge in [-0.2, -0.15) is 0 Å². The van der Waals surface area contributed by atoms with Crippen LogP contribution in [-0.2, 0) is 11.3 Å². The van der Waals surface area contributed by atoms with E-state index < -0.39 is 0 Å². The van der Waals surface area contributed by atoms with Gasteiger partial charge in [-0.25, -0.2) is 4.79 Å². The minimum Gasteiger partial charge on any atom is -0.445 e. The number of anilines is 1. The van der Waals surface area contributed by atoms with Crippen molar-refractivity contribution in [1.82, 2.24) is 9.80 Å². The van der Waals surface area contributed by atoms with Gasteiger partial charge in [-0.15, -0.1) is 0 Å². The maximum atomic E-state index is 13.2. The van der Waals surface area contributed by atoms with E-state index in [0.29, 0.717) is 31.5 Å². The number of likely N-dealkylation sites (tertiary alicyclic amines) is 1. The summed E-state index contributed by atoms with van der Waals surface area (Å²) in [5.41, 5.74) is 6.71. The fourth-order valence-electron chi connectivity index (χ4n) is 6.48. The second-order valence-electron chi connectivity index (χ2n) is 10.9. The van der Waals surface area contributed by atoms with Crippen LogP contribution in [0.3, 0.4) is 0 Å². The van der Waals surface area contributed by atoms with Crippen molar-refractivity contribution in [2.45, 2.75) is 38.8 Å². The van der Waals surface area contributed by atoms with Gasteiger partial charge in [0.25, 0.3) is 5.91 Å². The average molecular weight is 510 g/mol. The maximum absolute atomic E-state index is 13.2. The first-order chi connectivity index (χ1) is 18.5.